The summed E-state index contributed by atoms with van der Waals surface area (Å²) in [5, 5.41) is 21.2. The normalized spacial score (nSPS) is 19.8. The van der Waals surface area contributed by atoms with E-state index in [1.807, 2.05) is 0 Å². The van der Waals surface area contributed by atoms with Crippen molar-refractivity contribution in [2.24, 2.45) is 0 Å². The van der Waals surface area contributed by atoms with Crippen LogP contribution in [0, 0.1) is 0 Å². The van der Waals surface area contributed by atoms with Crippen molar-refractivity contribution in [2.45, 2.75) is 37.6 Å². The van der Waals surface area contributed by atoms with E-state index < -0.39 is 5.97 Å². The van der Waals surface area contributed by atoms with E-state index >= 15 is 0 Å². The minimum absolute atomic E-state index is 0.0693. The van der Waals surface area contributed by atoms with Crippen molar-refractivity contribution in [3.8, 4) is 0 Å². The number of carboxylic acid groups (broad SMARTS) is 1. The fraction of sp³-hybridized carbons (Fsp3) is 0.727. The van der Waals surface area contributed by atoms with Gasteiger partial charge in [0.25, 0.3) is 0 Å². The average molecular weight is 213 g/mol. The Bertz CT molecular complexity index is 244. The number of aliphatic carboxylic acids is 1. The highest BCUT2D eigenvalue weighted by Crippen LogP contribution is 2.27. The molecule has 3 N–H and O–H groups in total. The van der Waals surface area contributed by atoms with Gasteiger partial charge in [-0.3, -0.25) is 0 Å². The smallest absolute Gasteiger partial charge is 0.332 e. The highest BCUT2D eigenvalue weighted by atomic mass is 16.4. The van der Waals surface area contributed by atoms with Gasteiger partial charge in [0.05, 0.1) is 6.61 Å². The Labute approximate surface area is 90.0 Å². The summed E-state index contributed by atoms with van der Waals surface area (Å²) in [6.45, 7) is 3.78. The van der Waals surface area contributed by atoms with Crippen LogP contribution in [0.1, 0.15) is 32.1 Å². The number of hydrogen-bond donors (Lipinski definition) is 3. The first kappa shape index (κ1) is 12.2. The van der Waals surface area contributed by atoms with E-state index in [0.29, 0.717) is 0 Å². The average Bonchev–Trinajstić information content (AvgIpc) is 2.27. The van der Waals surface area contributed by atoms with E-state index in [4.69, 9.17) is 5.11 Å². The molecule has 0 unspecified atom stereocenters. The van der Waals surface area contributed by atoms with Gasteiger partial charge in [0.2, 0.25) is 0 Å². The molecule has 0 radical (unpaired) electrons. The van der Waals surface area contributed by atoms with Crippen LogP contribution in [-0.4, -0.2) is 34.9 Å². The Balaban J connectivity index is 2.45. The second-order valence-corrected chi connectivity index (χ2v) is 4.26. The van der Waals surface area contributed by atoms with Crippen molar-refractivity contribution in [3.63, 3.8) is 0 Å². The van der Waals surface area contributed by atoms with Crippen molar-refractivity contribution in [1.82, 2.24) is 5.32 Å². The molecule has 15 heavy (non-hydrogen) atoms. The Kier molecular flexibility index (Phi) is 4.29. The highest BCUT2D eigenvalue weighted by molar-refractivity contribution is 5.86. The number of carbonyl (C=O) groups is 1. The molecule has 0 saturated heterocycles. The molecule has 86 valence electrons. The largest absolute Gasteiger partial charge is 0.478 e. The lowest BCUT2D eigenvalue weighted by molar-refractivity contribution is -0.132. The van der Waals surface area contributed by atoms with E-state index in [2.05, 4.69) is 11.9 Å². The van der Waals surface area contributed by atoms with E-state index in [1.54, 1.807) is 0 Å². The van der Waals surface area contributed by atoms with E-state index in [-0.39, 0.29) is 24.3 Å². The van der Waals surface area contributed by atoms with E-state index in [0.717, 1.165) is 25.7 Å². The number of nitrogens with one attached hydrogen (secondary N) is 1. The second kappa shape index (κ2) is 5.28. The lowest BCUT2D eigenvalue weighted by Crippen LogP contribution is -2.50. The van der Waals surface area contributed by atoms with Gasteiger partial charge < -0.3 is 15.5 Å². The van der Waals surface area contributed by atoms with Crippen LogP contribution in [0.4, 0.5) is 0 Å². The van der Waals surface area contributed by atoms with Gasteiger partial charge in [-0.2, -0.15) is 0 Å². The van der Waals surface area contributed by atoms with Crippen molar-refractivity contribution in [1.29, 1.82) is 0 Å². The Morgan fingerprint density at radius 1 is 1.33 bits per heavy atom. The van der Waals surface area contributed by atoms with Gasteiger partial charge in [0.1, 0.15) is 0 Å². The molecule has 1 fully saturated rings. The highest BCUT2D eigenvalue weighted by Gasteiger charge is 2.30. The maximum absolute atomic E-state index is 10.6. The number of aliphatic hydroxyl groups is 1. The number of hydrogen-bond acceptors (Lipinski definition) is 3. The third-order valence-electron chi connectivity index (χ3n) is 3.09. The van der Waals surface area contributed by atoms with Gasteiger partial charge >= 0.3 is 5.97 Å². The first-order valence-corrected chi connectivity index (χ1v) is 5.37. The van der Waals surface area contributed by atoms with E-state index in [9.17, 15) is 9.90 Å². The molecule has 0 atom stereocenters. The zero-order valence-corrected chi connectivity index (χ0v) is 8.96. The van der Waals surface area contributed by atoms with Gasteiger partial charge in [-0.05, 0) is 12.8 Å². The van der Waals surface area contributed by atoms with Crippen LogP contribution >= 0.6 is 0 Å². The Morgan fingerprint density at radius 2 is 1.93 bits per heavy atom. The van der Waals surface area contributed by atoms with Crippen LogP contribution in [0.2, 0.25) is 0 Å². The van der Waals surface area contributed by atoms with Crippen molar-refractivity contribution in [3.05, 3.63) is 12.2 Å². The molecule has 0 aromatic carbocycles. The van der Waals surface area contributed by atoms with Crippen LogP contribution in [-0.2, 0) is 4.79 Å². The fourth-order valence-corrected chi connectivity index (χ4v) is 1.99. The molecule has 0 aromatic heterocycles. The first-order valence-electron chi connectivity index (χ1n) is 5.37. The maximum Gasteiger partial charge on any atom is 0.332 e. The maximum atomic E-state index is 10.6. The quantitative estimate of drug-likeness (QED) is 0.594. The molecule has 0 bridgehead atoms. The molecule has 1 rings (SSSR count). The molecule has 0 amide bonds. The Hall–Kier alpha value is -0.870. The van der Waals surface area contributed by atoms with Crippen LogP contribution in [0.25, 0.3) is 0 Å². The van der Waals surface area contributed by atoms with E-state index in [1.165, 1.54) is 6.42 Å². The van der Waals surface area contributed by atoms with Gasteiger partial charge in [0, 0.05) is 17.7 Å². The second-order valence-electron chi connectivity index (χ2n) is 4.26. The molecular formula is C11H19NO3. The van der Waals surface area contributed by atoms with Crippen molar-refractivity contribution >= 4 is 5.97 Å². The summed E-state index contributed by atoms with van der Waals surface area (Å²) in [4.78, 5) is 10.6. The molecule has 1 saturated carbocycles. The molecule has 1 aliphatic carbocycles. The molecule has 4 nitrogen and oxygen atoms in total. The summed E-state index contributed by atoms with van der Waals surface area (Å²) >= 11 is 0. The standard InChI is InChI=1S/C11H19NO3/c1-9(10(14)15)7-12-11(8-13)5-3-2-4-6-11/h12-13H,1-8H2,(H,14,15). The third-order valence-corrected chi connectivity index (χ3v) is 3.09. The van der Waals surface area contributed by atoms with Crippen LogP contribution in [0.5, 0.6) is 0 Å². The fourth-order valence-electron chi connectivity index (χ4n) is 1.99. The topological polar surface area (TPSA) is 69.6 Å². The summed E-state index contributed by atoms with van der Waals surface area (Å²) in [7, 11) is 0. The predicted octanol–water partition coefficient (Wildman–Crippen LogP) is 0.912. The van der Waals surface area contributed by atoms with Crippen LogP contribution < -0.4 is 5.32 Å². The van der Waals surface area contributed by atoms with Crippen molar-refractivity contribution < 1.29 is 15.0 Å². The summed E-state index contributed by atoms with van der Waals surface area (Å²) in [6.07, 6.45) is 5.20. The zero-order valence-electron chi connectivity index (χ0n) is 8.96. The SMILES string of the molecule is C=C(CNC1(CO)CCCCC1)C(=O)O. The minimum atomic E-state index is -0.980. The monoisotopic (exact) mass is 213 g/mol. The van der Waals surface area contributed by atoms with Gasteiger partial charge in [0.15, 0.2) is 0 Å². The summed E-state index contributed by atoms with van der Waals surface area (Å²) in [5.74, 6) is -0.980. The molecule has 0 aliphatic heterocycles. The lowest BCUT2D eigenvalue weighted by atomic mass is 9.82. The zero-order chi connectivity index (χ0) is 11.3. The first-order chi connectivity index (χ1) is 7.09. The number of aliphatic hydroxyl groups excluding tert-OH is 1. The van der Waals surface area contributed by atoms with Crippen molar-refractivity contribution in [2.75, 3.05) is 13.2 Å². The molecule has 1 aliphatic rings. The molecule has 4 heteroatoms. The molecular weight excluding hydrogens is 194 g/mol. The van der Waals surface area contributed by atoms with Crippen LogP contribution in [0.3, 0.4) is 0 Å². The summed E-state index contributed by atoms with van der Waals surface area (Å²) in [5.41, 5.74) is -0.134. The third kappa shape index (κ3) is 3.32. The molecule has 0 aromatic rings. The predicted molar refractivity (Wildman–Crippen MR) is 57.7 cm³/mol. The lowest BCUT2D eigenvalue weighted by Gasteiger charge is -2.36. The summed E-state index contributed by atoms with van der Waals surface area (Å²) < 4.78 is 0. The Morgan fingerprint density at radius 3 is 2.40 bits per heavy atom. The number of rotatable bonds is 5. The van der Waals surface area contributed by atoms with Gasteiger partial charge in [-0.15, -0.1) is 0 Å². The molecule has 0 heterocycles. The van der Waals surface area contributed by atoms with Gasteiger partial charge in [-0.1, -0.05) is 25.8 Å². The summed E-state index contributed by atoms with van der Waals surface area (Å²) in [6, 6.07) is 0. The van der Waals surface area contributed by atoms with Gasteiger partial charge in [-0.25, -0.2) is 4.79 Å². The van der Waals surface area contributed by atoms with Crippen LogP contribution in [0.15, 0.2) is 12.2 Å². The number of carboxylic acids is 1. The molecule has 0 spiro atoms. The minimum Gasteiger partial charge on any atom is -0.478 e.